The zero-order valence-corrected chi connectivity index (χ0v) is 15.3. The normalized spacial score (nSPS) is 15.2. The second-order valence-electron chi connectivity index (χ2n) is 5.94. The zero-order valence-electron chi connectivity index (χ0n) is 13.8. The number of halogens is 2. The lowest BCUT2D eigenvalue weighted by Gasteiger charge is -2.35. The average molecular weight is 379 g/mol. The monoisotopic (exact) mass is 378 g/mol. The van der Waals surface area contributed by atoms with Crippen LogP contribution >= 0.6 is 23.2 Å². The van der Waals surface area contributed by atoms with Gasteiger partial charge >= 0.3 is 0 Å². The van der Waals surface area contributed by atoms with Gasteiger partial charge in [0, 0.05) is 51.0 Å². The van der Waals surface area contributed by atoms with Crippen LogP contribution in [-0.2, 0) is 4.79 Å². The maximum atomic E-state index is 12.1. The van der Waals surface area contributed by atoms with Gasteiger partial charge in [0.2, 0.25) is 5.91 Å². The minimum absolute atomic E-state index is 0.0226. The van der Waals surface area contributed by atoms with Gasteiger partial charge in [-0.15, -0.1) is 0 Å². The Morgan fingerprint density at radius 1 is 1.08 bits per heavy atom. The van der Waals surface area contributed by atoms with Gasteiger partial charge in [0.15, 0.2) is 0 Å². The molecule has 2 heterocycles. The fourth-order valence-electron chi connectivity index (χ4n) is 2.80. The SMILES string of the molecule is O=C(CCN1CCN(c2ccccn2)CC1)Nc1ccc(Cl)c(Cl)c1. The maximum absolute atomic E-state index is 12.1. The van der Waals surface area contributed by atoms with Crippen LogP contribution in [0.1, 0.15) is 6.42 Å². The first kappa shape index (κ1) is 18.0. The molecule has 25 heavy (non-hydrogen) atoms. The molecular formula is C18H20Cl2N4O. The molecule has 3 rings (SSSR count). The summed E-state index contributed by atoms with van der Waals surface area (Å²) in [6.45, 7) is 4.44. The fourth-order valence-corrected chi connectivity index (χ4v) is 3.10. The van der Waals surface area contributed by atoms with Gasteiger partial charge in [0.1, 0.15) is 5.82 Å². The van der Waals surface area contributed by atoms with Crippen LogP contribution in [0.4, 0.5) is 11.5 Å². The van der Waals surface area contributed by atoms with Gasteiger partial charge in [0.25, 0.3) is 0 Å². The summed E-state index contributed by atoms with van der Waals surface area (Å²) in [5.74, 6) is 0.991. The molecule has 7 heteroatoms. The predicted molar refractivity (Wildman–Crippen MR) is 103 cm³/mol. The lowest BCUT2D eigenvalue weighted by atomic mass is 10.2. The lowest BCUT2D eigenvalue weighted by molar-refractivity contribution is -0.116. The van der Waals surface area contributed by atoms with E-state index in [2.05, 4.69) is 20.1 Å². The minimum Gasteiger partial charge on any atom is -0.354 e. The molecule has 0 aliphatic carbocycles. The lowest BCUT2D eigenvalue weighted by Crippen LogP contribution is -2.47. The highest BCUT2D eigenvalue weighted by atomic mass is 35.5. The summed E-state index contributed by atoms with van der Waals surface area (Å²) in [5.41, 5.74) is 0.666. The second kappa shape index (κ2) is 8.52. The van der Waals surface area contributed by atoms with Crippen molar-refractivity contribution >= 4 is 40.6 Å². The third-order valence-electron chi connectivity index (χ3n) is 4.20. The quantitative estimate of drug-likeness (QED) is 0.864. The number of amides is 1. The Hall–Kier alpha value is -1.82. The molecular weight excluding hydrogens is 359 g/mol. The number of nitrogens with one attached hydrogen (secondary N) is 1. The molecule has 1 aromatic carbocycles. The molecule has 1 aromatic heterocycles. The summed E-state index contributed by atoms with van der Waals surface area (Å²) < 4.78 is 0. The van der Waals surface area contributed by atoms with Gasteiger partial charge < -0.3 is 10.2 Å². The molecule has 1 amide bonds. The van der Waals surface area contributed by atoms with Gasteiger partial charge in [-0.1, -0.05) is 29.3 Å². The smallest absolute Gasteiger partial charge is 0.225 e. The number of carbonyl (C=O) groups excluding carboxylic acids is 1. The zero-order chi connectivity index (χ0) is 17.6. The number of pyridine rings is 1. The Labute approximate surface area is 157 Å². The van der Waals surface area contributed by atoms with Crippen LogP contribution in [0, 0.1) is 0 Å². The largest absolute Gasteiger partial charge is 0.354 e. The Bertz CT molecular complexity index is 718. The summed E-state index contributed by atoms with van der Waals surface area (Å²) in [6, 6.07) is 11.0. The molecule has 132 valence electrons. The molecule has 1 aliphatic heterocycles. The summed E-state index contributed by atoms with van der Waals surface area (Å²) >= 11 is 11.8. The molecule has 0 radical (unpaired) electrons. The number of carbonyl (C=O) groups is 1. The van der Waals surface area contributed by atoms with Crippen molar-refractivity contribution in [2.24, 2.45) is 0 Å². The van der Waals surface area contributed by atoms with E-state index in [1.165, 1.54) is 0 Å². The van der Waals surface area contributed by atoms with Crippen molar-refractivity contribution in [2.75, 3.05) is 42.9 Å². The van der Waals surface area contributed by atoms with Crippen molar-refractivity contribution in [3.05, 3.63) is 52.6 Å². The Balaban J connectivity index is 1.42. The van der Waals surface area contributed by atoms with Crippen molar-refractivity contribution in [3.8, 4) is 0 Å². The number of rotatable bonds is 5. The molecule has 0 unspecified atom stereocenters. The number of anilines is 2. The number of benzene rings is 1. The standard InChI is InChI=1S/C18H20Cl2N4O/c19-15-5-4-14(13-16(15)20)22-18(25)6-8-23-9-11-24(12-10-23)17-3-1-2-7-21-17/h1-5,7,13H,6,8-12H2,(H,22,25). The third kappa shape index (κ3) is 5.08. The van der Waals surface area contributed by atoms with E-state index < -0.39 is 0 Å². The van der Waals surface area contributed by atoms with Gasteiger partial charge in [-0.25, -0.2) is 4.98 Å². The van der Waals surface area contributed by atoms with E-state index in [9.17, 15) is 4.79 Å². The predicted octanol–water partition coefficient (Wildman–Crippen LogP) is 3.54. The summed E-state index contributed by atoms with van der Waals surface area (Å²) in [6.07, 6.45) is 2.26. The van der Waals surface area contributed by atoms with Crippen LogP contribution in [-0.4, -0.2) is 48.5 Å². The van der Waals surface area contributed by atoms with Crippen LogP contribution < -0.4 is 10.2 Å². The molecule has 1 aliphatic rings. The van der Waals surface area contributed by atoms with E-state index in [4.69, 9.17) is 23.2 Å². The Morgan fingerprint density at radius 3 is 2.56 bits per heavy atom. The van der Waals surface area contributed by atoms with Gasteiger partial charge in [-0.3, -0.25) is 9.69 Å². The van der Waals surface area contributed by atoms with Crippen LogP contribution in [0.25, 0.3) is 0 Å². The molecule has 0 atom stereocenters. The highest BCUT2D eigenvalue weighted by Crippen LogP contribution is 2.25. The highest BCUT2D eigenvalue weighted by Gasteiger charge is 2.18. The number of hydrogen-bond acceptors (Lipinski definition) is 4. The molecule has 0 bridgehead atoms. The topological polar surface area (TPSA) is 48.5 Å². The number of nitrogens with zero attached hydrogens (tertiary/aromatic N) is 3. The van der Waals surface area contributed by atoms with E-state index >= 15 is 0 Å². The summed E-state index contributed by atoms with van der Waals surface area (Å²) in [5, 5.41) is 3.77. The van der Waals surface area contributed by atoms with Crippen LogP contribution in [0.2, 0.25) is 10.0 Å². The Kier molecular flexibility index (Phi) is 6.13. The fraction of sp³-hybridized carbons (Fsp3) is 0.333. The van der Waals surface area contributed by atoms with E-state index in [-0.39, 0.29) is 5.91 Å². The second-order valence-corrected chi connectivity index (χ2v) is 6.76. The highest BCUT2D eigenvalue weighted by molar-refractivity contribution is 6.42. The molecule has 0 spiro atoms. The Morgan fingerprint density at radius 2 is 1.88 bits per heavy atom. The molecule has 1 N–H and O–H groups in total. The van der Waals surface area contributed by atoms with E-state index in [0.717, 1.165) is 38.5 Å². The summed E-state index contributed by atoms with van der Waals surface area (Å²) in [7, 11) is 0. The van der Waals surface area contributed by atoms with Gasteiger partial charge in [-0.05, 0) is 30.3 Å². The van der Waals surface area contributed by atoms with Gasteiger partial charge in [0.05, 0.1) is 10.0 Å². The molecule has 1 saturated heterocycles. The van der Waals surface area contributed by atoms with E-state index in [1.807, 2.05) is 24.4 Å². The first-order chi connectivity index (χ1) is 12.1. The van der Waals surface area contributed by atoms with Crippen LogP contribution in [0.5, 0.6) is 0 Å². The number of aromatic nitrogens is 1. The van der Waals surface area contributed by atoms with E-state index in [1.54, 1.807) is 18.2 Å². The average Bonchev–Trinajstić information content (AvgIpc) is 2.64. The number of piperazine rings is 1. The van der Waals surface area contributed by atoms with Crippen molar-refractivity contribution in [2.45, 2.75) is 6.42 Å². The number of hydrogen-bond donors (Lipinski definition) is 1. The van der Waals surface area contributed by atoms with Gasteiger partial charge in [-0.2, -0.15) is 0 Å². The molecule has 0 saturated carbocycles. The third-order valence-corrected chi connectivity index (χ3v) is 4.94. The van der Waals surface area contributed by atoms with Crippen molar-refractivity contribution in [1.29, 1.82) is 0 Å². The van der Waals surface area contributed by atoms with Crippen molar-refractivity contribution < 1.29 is 4.79 Å². The molecule has 5 nitrogen and oxygen atoms in total. The first-order valence-corrected chi connectivity index (χ1v) is 9.00. The minimum atomic E-state index is -0.0226. The van der Waals surface area contributed by atoms with Crippen molar-refractivity contribution in [1.82, 2.24) is 9.88 Å². The van der Waals surface area contributed by atoms with E-state index in [0.29, 0.717) is 22.2 Å². The molecule has 2 aromatic rings. The first-order valence-electron chi connectivity index (χ1n) is 8.25. The maximum Gasteiger partial charge on any atom is 0.225 e. The summed E-state index contributed by atoms with van der Waals surface area (Å²) in [4.78, 5) is 21.1. The van der Waals surface area contributed by atoms with Crippen LogP contribution in [0.3, 0.4) is 0 Å². The molecule has 1 fully saturated rings. The van der Waals surface area contributed by atoms with Crippen LogP contribution in [0.15, 0.2) is 42.6 Å². The van der Waals surface area contributed by atoms with Crippen molar-refractivity contribution in [3.63, 3.8) is 0 Å².